The third kappa shape index (κ3) is 6.87. The van der Waals surface area contributed by atoms with E-state index in [-0.39, 0.29) is 22.2 Å². The van der Waals surface area contributed by atoms with Crippen molar-refractivity contribution in [1.82, 2.24) is 4.98 Å². The van der Waals surface area contributed by atoms with Crippen molar-refractivity contribution in [1.29, 1.82) is 0 Å². The summed E-state index contributed by atoms with van der Waals surface area (Å²) in [6.07, 6.45) is -2.06. The number of thioether (sulfide) groups is 1. The normalized spacial score (nSPS) is 13.6. The predicted octanol–water partition coefficient (Wildman–Crippen LogP) is 3.87. The third-order valence-electron chi connectivity index (χ3n) is 3.97. The number of hydrogen-bond acceptors (Lipinski definition) is 7. The molecule has 2 aromatic rings. The number of esters is 1. The number of sulfone groups is 1. The first-order valence-electron chi connectivity index (χ1n) is 8.76. The number of H-pyrrole nitrogens is 1. The first kappa shape index (κ1) is 26.0. The molecule has 0 saturated carbocycles. The van der Waals surface area contributed by atoms with Gasteiger partial charge in [0.2, 0.25) is 0 Å². The fraction of sp³-hybridized carbons (Fsp3) is 0.263. The Bertz CT molecular complexity index is 1160. The van der Waals surface area contributed by atoms with E-state index in [2.05, 4.69) is 25.9 Å². The Kier molecular flexibility index (Phi) is 8.60. The number of nitrogens with two attached hydrogens (primary N) is 1. The molecular formula is C19H19BrF3N3O4S2. The van der Waals surface area contributed by atoms with Crippen molar-refractivity contribution in [2.75, 3.05) is 25.0 Å². The number of carbonyl (C=O) groups is 1. The lowest BCUT2D eigenvalue weighted by molar-refractivity contribution is -0.139. The van der Waals surface area contributed by atoms with Gasteiger partial charge in [0.05, 0.1) is 20.8 Å². The average molecular weight is 554 g/mol. The summed E-state index contributed by atoms with van der Waals surface area (Å²) in [6, 6.07) is 9.02. The number of halogens is 4. The number of ether oxygens (including phenoxy) is 1. The minimum atomic E-state index is -4.84. The van der Waals surface area contributed by atoms with E-state index < -0.39 is 38.7 Å². The Hall–Kier alpha value is -2.25. The predicted molar refractivity (Wildman–Crippen MR) is 121 cm³/mol. The molecule has 0 aliphatic rings. The number of rotatable bonds is 8. The van der Waals surface area contributed by atoms with Crippen molar-refractivity contribution >= 4 is 49.2 Å². The van der Waals surface area contributed by atoms with E-state index in [0.29, 0.717) is 11.3 Å². The van der Waals surface area contributed by atoms with Gasteiger partial charge in [-0.2, -0.15) is 13.2 Å². The van der Waals surface area contributed by atoms with Crippen LogP contribution in [0.1, 0.15) is 5.69 Å². The summed E-state index contributed by atoms with van der Waals surface area (Å²) in [7, 11) is -3.46. The van der Waals surface area contributed by atoms with Crippen molar-refractivity contribution in [3.63, 3.8) is 0 Å². The second kappa shape index (κ2) is 10.6. The van der Waals surface area contributed by atoms with E-state index in [1.54, 1.807) is 24.5 Å². The summed E-state index contributed by atoms with van der Waals surface area (Å²) in [5.41, 5.74) is 4.60. The van der Waals surface area contributed by atoms with Gasteiger partial charge in [0.1, 0.15) is 18.2 Å². The zero-order valence-electron chi connectivity index (χ0n) is 16.9. The van der Waals surface area contributed by atoms with E-state index in [9.17, 15) is 26.4 Å². The van der Waals surface area contributed by atoms with Crippen LogP contribution in [0.2, 0.25) is 0 Å². The number of allylic oxidation sites excluding steroid dienone is 2. The first-order valence-corrected chi connectivity index (χ1v) is 12.8. The summed E-state index contributed by atoms with van der Waals surface area (Å²) < 4.78 is 67.3. The Morgan fingerprint density at radius 2 is 1.97 bits per heavy atom. The van der Waals surface area contributed by atoms with Crippen molar-refractivity contribution in [2.45, 2.75) is 11.1 Å². The van der Waals surface area contributed by atoms with Crippen LogP contribution in [0.5, 0.6) is 0 Å². The molecule has 1 aromatic heterocycles. The monoisotopic (exact) mass is 553 g/mol. The van der Waals surface area contributed by atoms with Gasteiger partial charge in [-0.15, -0.1) is 11.8 Å². The standard InChI is InChI=1S/C19H19BrF3N3O4S2/c1-31-10-30-15(27)9-25-17(16(20)18(24)19(21,22)23)14-7-6-13(26-14)11-4-3-5-12(8-11)32(2,28)29/h3-8,26H,9-10,24H2,1-2H3. The van der Waals surface area contributed by atoms with Crippen LogP contribution in [-0.4, -0.2) is 56.3 Å². The average Bonchev–Trinajstić information content (AvgIpc) is 3.20. The zero-order chi connectivity index (χ0) is 24.1. The molecule has 2 rings (SSSR count). The Morgan fingerprint density at radius 3 is 2.56 bits per heavy atom. The maximum Gasteiger partial charge on any atom is 0.431 e. The zero-order valence-corrected chi connectivity index (χ0v) is 20.1. The number of benzene rings is 1. The van der Waals surface area contributed by atoms with Gasteiger partial charge in [-0.05, 0) is 52.0 Å². The Balaban J connectivity index is 2.50. The molecule has 3 N–H and O–H groups in total. The molecule has 0 saturated heterocycles. The van der Waals surface area contributed by atoms with E-state index in [0.717, 1.165) is 6.26 Å². The van der Waals surface area contributed by atoms with E-state index in [1.165, 1.54) is 30.0 Å². The number of aromatic amines is 1. The van der Waals surface area contributed by atoms with Gasteiger partial charge in [-0.1, -0.05) is 12.1 Å². The molecule has 0 spiro atoms. The lowest BCUT2D eigenvalue weighted by atomic mass is 10.2. The molecule has 0 bridgehead atoms. The SMILES string of the molecule is CSCOC(=O)CN=C(C(Br)=C(N)C(F)(F)F)c1ccc(-c2cccc(S(C)(=O)=O)c2)[nH]1. The summed E-state index contributed by atoms with van der Waals surface area (Å²) in [5, 5.41) is 0. The van der Waals surface area contributed by atoms with Gasteiger partial charge in [0.15, 0.2) is 9.84 Å². The lowest BCUT2D eigenvalue weighted by Gasteiger charge is -2.12. The lowest BCUT2D eigenvalue weighted by Crippen LogP contribution is -2.23. The molecule has 0 aliphatic heterocycles. The van der Waals surface area contributed by atoms with Gasteiger partial charge in [0.25, 0.3) is 0 Å². The molecular weight excluding hydrogens is 535 g/mol. The molecule has 13 heteroatoms. The maximum atomic E-state index is 13.1. The number of aromatic nitrogens is 1. The van der Waals surface area contributed by atoms with Gasteiger partial charge in [0, 0.05) is 11.9 Å². The fourth-order valence-electron chi connectivity index (χ4n) is 2.43. The third-order valence-corrected chi connectivity index (χ3v) is 6.23. The Labute approximate surface area is 195 Å². The maximum absolute atomic E-state index is 13.1. The molecule has 0 amide bonds. The van der Waals surface area contributed by atoms with E-state index in [4.69, 9.17) is 10.5 Å². The van der Waals surface area contributed by atoms with E-state index >= 15 is 0 Å². The van der Waals surface area contributed by atoms with Crippen LogP contribution in [0.3, 0.4) is 0 Å². The van der Waals surface area contributed by atoms with Crippen molar-refractivity contribution in [3.8, 4) is 11.3 Å². The molecule has 1 aromatic carbocycles. The molecule has 7 nitrogen and oxygen atoms in total. The van der Waals surface area contributed by atoms with Crippen LogP contribution < -0.4 is 5.73 Å². The van der Waals surface area contributed by atoms with Crippen LogP contribution in [0.4, 0.5) is 13.2 Å². The molecule has 1 heterocycles. The van der Waals surface area contributed by atoms with Crippen molar-refractivity contribution in [2.24, 2.45) is 10.7 Å². The van der Waals surface area contributed by atoms with Crippen LogP contribution in [0.15, 0.2) is 56.5 Å². The highest BCUT2D eigenvalue weighted by molar-refractivity contribution is 9.12. The topological polar surface area (TPSA) is 115 Å². The van der Waals surface area contributed by atoms with E-state index in [1.807, 2.05) is 0 Å². The first-order chi connectivity index (χ1) is 14.8. The molecule has 0 fully saturated rings. The van der Waals surface area contributed by atoms with Gasteiger partial charge in [-0.3, -0.25) is 9.79 Å². The Morgan fingerprint density at radius 1 is 1.28 bits per heavy atom. The minimum Gasteiger partial charge on any atom is -0.453 e. The molecule has 0 unspecified atom stereocenters. The van der Waals surface area contributed by atoms with Gasteiger partial charge < -0.3 is 15.5 Å². The number of aliphatic imine (C=N–C) groups is 1. The highest BCUT2D eigenvalue weighted by atomic mass is 79.9. The number of hydrogen-bond donors (Lipinski definition) is 2. The van der Waals surface area contributed by atoms with Crippen LogP contribution in [0.25, 0.3) is 11.3 Å². The van der Waals surface area contributed by atoms with Gasteiger partial charge in [-0.25, -0.2) is 8.42 Å². The second-order valence-electron chi connectivity index (χ2n) is 6.40. The van der Waals surface area contributed by atoms with Crippen molar-refractivity contribution < 1.29 is 31.1 Å². The summed E-state index contributed by atoms with van der Waals surface area (Å²) in [5.74, 6) is -0.648. The second-order valence-corrected chi connectivity index (χ2v) is 10.0. The van der Waals surface area contributed by atoms with Crippen LogP contribution in [-0.2, 0) is 19.4 Å². The fourth-order valence-corrected chi connectivity index (χ4v) is 3.91. The number of nitrogens with one attached hydrogen (secondary N) is 1. The number of alkyl halides is 3. The van der Waals surface area contributed by atoms with Crippen LogP contribution in [0, 0.1) is 0 Å². The number of nitrogens with zero attached hydrogens (tertiary/aromatic N) is 1. The highest BCUT2D eigenvalue weighted by Gasteiger charge is 2.35. The molecule has 174 valence electrons. The molecule has 0 atom stereocenters. The minimum absolute atomic E-state index is 0.0781. The summed E-state index contributed by atoms with van der Waals surface area (Å²) in [6.45, 7) is -0.534. The number of carbonyl (C=O) groups excluding carboxylic acids is 1. The van der Waals surface area contributed by atoms with Gasteiger partial charge >= 0.3 is 12.1 Å². The molecule has 0 radical (unpaired) electrons. The quantitative estimate of drug-likeness (QED) is 0.291. The van der Waals surface area contributed by atoms with Crippen LogP contribution >= 0.6 is 27.7 Å². The largest absolute Gasteiger partial charge is 0.453 e. The summed E-state index contributed by atoms with van der Waals surface area (Å²) in [4.78, 5) is 18.7. The molecule has 0 aliphatic carbocycles. The smallest absolute Gasteiger partial charge is 0.431 e. The van der Waals surface area contributed by atoms with Crippen molar-refractivity contribution in [3.05, 3.63) is 52.3 Å². The highest BCUT2D eigenvalue weighted by Crippen LogP contribution is 2.30. The molecule has 32 heavy (non-hydrogen) atoms. The summed E-state index contributed by atoms with van der Waals surface area (Å²) >= 11 is 4.09.